The number of carbonyl (C=O) groups is 1. The Balaban J connectivity index is 0.00000272. The van der Waals surface area contributed by atoms with Crippen LogP contribution in [0.5, 0.6) is 0 Å². The van der Waals surface area contributed by atoms with Crippen LogP contribution < -0.4 is 16.4 Å². The summed E-state index contributed by atoms with van der Waals surface area (Å²) in [5.74, 6) is 0.767. The number of anilines is 2. The Kier molecular flexibility index (Phi) is 6.66. The van der Waals surface area contributed by atoms with E-state index < -0.39 is 0 Å². The fourth-order valence-corrected chi connectivity index (χ4v) is 4.08. The van der Waals surface area contributed by atoms with Crippen LogP contribution >= 0.6 is 12.4 Å². The lowest BCUT2D eigenvalue weighted by Gasteiger charge is -2.26. The van der Waals surface area contributed by atoms with E-state index in [0.717, 1.165) is 42.2 Å². The van der Waals surface area contributed by atoms with Gasteiger partial charge in [-0.3, -0.25) is 9.78 Å². The van der Waals surface area contributed by atoms with Gasteiger partial charge in [0.15, 0.2) is 5.65 Å². The van der Waals surface area contributed by atoms with Crippen molar-refractivity contribution in [2.24, 2.45) is 5.73 Å². The Morgan fingerprint density at radius 3 is 2.84 bits per heavy atom. The van der Waals surface area contributed by atoms with Gasteiger partial charge in [-0.2, -0.15) is 5.10 Å². The number of pyridine rings is 1. The van der Waals surface area contributed by atoms with E-state index in [4.69, 9.17) is 21.5 Å². The maximum atomic E-state index is 13.0. The van der Waals surface area contributed by atoms with Gasteiger partial charge in [0.1, 0.15) is 5.82 Å². The summed E-state index contributed by atoms with van der Waals surface area (Å²) in [7, 11) is 1.77. The average Bonchev–Trinajstić information content (AvgIpc) is 3.33. The summed E-state index contributed by atoms with van der Waals surface area (Å²) in [5, 5.41) is 4.72. The van der Waals surface area contributed by atoms with Crippen LogP contribution in [0.4, 0.5) is 11.5 Å². The van der Waals surface area contributed by atoms with E-state index in [1.807, 2.05) is 26.1 Å². The standard InChI is InChI=1S/C21H28N8O.ClH/c1-4-18(27(3)21(30)15-10-24-7-5-16(15)23)17-9-19-25-20(13(2)11-29(19)26-17)28-8-6-14(22)12-28;/h5,7,9-11,14,18H,4,6,8,12,22H2,1-3H3,(H2,23,24);1H/t14-,18-;/m0./s1. The number of nitrogens with two attached hydrogens (primary N) is 2. The molecular formula is C21H29ClN8O. The van der Waals surface area contributed by atoms with Crippen molar-refractivity contribution in [3.8, 4) is 0 Å². The molecule has 31 heavy (non-hydrogen) atoms. The smallest absolute Gasteiger partial charge is 0.257 e. The quantitative estimate of drug-likeness (QED) is 0.619. The average molecular weight is 445 g/mol. The fourth-order valence-electron chi connectivity index (χ4n) is 4.08. The number of aromatic nitrogens is 4. The lowest BCUT2D eigenvalue weighted by atomic mass is 10.1. The van der Waals surface area contributed by atoms with Crippen LogP contribution in [0.3, 0.4) is 0 Å². The highest BCUT2D eigenvalue weighted by Gasteiger charge is 2.26. The first-order valence-corrected chi connectivity index (χ1v) is 10.2. The maximum absolute atomic E-state index is 13.0. The van der Waals surface area contributed by atoms with E-state index in [1.54, 1.807) is 28.7 Å². The highest BCUT2D eigenvalue weighted by Crippen LogP contribution is 2.27. The minimum atomic E-state index is -0.206. The fraction of sp³-hybridized carbons (Fsp3) is 0.429. The van der Waals surface area contributed by atoms with E-state index in [0.29, 0.717) is 17.7 Å². The number of rotatable bonds is 5. The first-order valence-electron chi connectivity index (χ1n) is 10.2. The zero-order valence-corrected chi connectivity index (χ0v) is 18.8. The zero-order valence-electron chi connectivity index (χ0n) is 18.0. The first kappa shape index (κ1) is 22.8. The molecule has 4 N–H and O–H groups in total. The number of carbonyl (C=O) groups excluding carboxylic acids is 1. The molecule has 0 unspecified atom stereocenters. The highest BCUT2D eigenvalue weighted by molar-refractivity contribution is 5.98. The molecule has 0 saturated carbocycles. The van der Waals surface area contributed by atoms with Crippen LogP contribution in [-0.2, 0) is 0 Å². The summed E-state index contributed by atoms with van der Waals surface area (Å²) in [6.45, 7) is 5.78. The largest absolute Gasteiger partial charge is 0.398 e. The SMILES string of the molecule is CC[C@@H](c1cc2nc(N3CC[C@H](N)C3)c(C)cn2n1)N(C)C(=O)c1cnccc1N.Cl. The molecule has 0 aromatic carbocycles. The summed E-state index contributed by atoms with van der Waals surface area (Å²) < 4.78 is 1.78. The van der Waals surface area contributed by atoms with E-state index in [-0.39, 0.29) is 30.4 Å². The number of nitrogen functional groups attached to an aromatic ring is 1. The zero-order chi connectivity index (χ0) is 21.4. The molecule has 0 aliphatic carbocycles. The van der Waals surface area contributed by atoms with Crippen molar-refractivity contribution in [3.05, 3.63) is 47.5 Å². The van der Waals surface area contributed by atoms with Crippen LogP contribution in [-0.4, -0.2) is 56.6 Å². The van der Waals surface area contributed by atoms with Gasteiger partial charge in [-0.05, 0) is 25.8 Å². The van der Waals surface area contributed by atoms with Crippen LogP contribution in [0.2, 0.25) is 0 Å². The molecule has 10 heteroatoms. The van der Waals surface area contributed by atoms with E-state index in [1.165, 1.54) is 6.20 Å². The lowest BCUT2D eigenvalue weighted by Crippen LogP contribution is -2.31. The van der Waals surface area contributed by atoms with Crippen molar-refractivity contribution < 1.29 is 4.79 Å². The predicted molar refractivity (Wildman–Crippen MR) is 124 cm³/mol. The molecule has 3 aromatic heterocycles. The molecule has 1 fully saturated rings. The number of aryl methyl sites for hydroxylation is 1. The molecule has 2 atom stereocenters. The second kappa shape index (κ2) is 9.07. The highest BCUT2D eigenvalue weighted by atomic mass is 35.5. The molecule has 1 aliphatic rings. The van der Waals surface area contributed by atoms with Crippen molar-refractivity contribution in [1.29, 1.82) is 0 Å². The predicted octanol–water partition coefficient (Wildman–Crippen LogP) is 2.20. The molecule has 9 nitrogen and oxygen atoms in total. The number of fused-ring (bicyclic) bond motifs is 1. The van der Waals surface area contributed by atoms with Gasteiger partial charge in [0.05, 0.1) is 17.3 Å². The van der Waals surface area contributed by atoms with Gasteiger partial charge >= 0.3 is 0 Å². The van der Waals surface area contributed by atoms with Crippen LogP contribution in [0.1, 0.15) is 47.4 Å². The van der Waals surface area contributed by atoms with Gasteiger partial charge < -0.3 is 21.3 Å². The second-order valence-electron chi connectivity index (χ2n) is 7.92. The normalized spacial score (nSPS) is 16.9. The molecule has 1 amide bonds. The molecule has 1 aliphatic heterocycles. The third-order valence-corrected chi connectivity index (χ3v) is 5.75. The van der Waals surface area contributed by atoms with Gasteiger partial charge in [-0.15, -0.1) is 12.4 Å². The van der Waals surface area contributed by atoms with Crippen molar-refractivity contribution in [2.75, 3.05) is 30.8 Å². The molecule has 0 bridgehead atoms. The molecular weight excluding hydrogens is 416 g/mol. The van der Waals surface area contributed by atoms with E-state index in [9.17, 15) is 4.79 Å². The molecule has 1 saturated heterocycles. The van der Waals surface area contributed by atoms with Crippen molar-refractivity contribution in [1.82, 2.24) is 24.5 Å². The number of amides is 1. The van der Waals surface area contributed by atoms with Gasteiger partial charge in [0, 0.05) is 62.1 Å². The van der Waals surface area contributed by atoms with Gasteiger partial charge in [0.25, 0.3) is 5.91 Å². The van der Waals surface area contributed by atoms with Gasteiger partial charge in [-0.1, -0.05) is 6.92 Å². The molecule has 166 valence electrons. The number of nitrogens with zero attached hydrogens (tertiary/aromatic N) is 6. The van der Waals surface area contributed by atoms with Crippen molar-refractivity contribution in [2.45, 2.75) is 38.8 Å². The monoisotopic (exact) mass is 444 g/mol. The maximum Gasteiger partial charge on any atom is 0.257 e. The Bertz CT molecular complexity index is 1080. The lowest BCUT2D eigenvalue weighted by molar-refractivity contribution is 0.0723. The van der Waals surface area contributed by atoms with Crippen molar-refractivity contribution in [3.63, 3.8) is 0 Å². The number of halogens is 1. The summed E-state index contributed by atoms with van der Waals surface area (Å²) in [4.78, 5) is 25.8. The number of hydrogen-bond acceptors (Lipinski definition) is 7. The second-order valence-corrected chi connectivity index (χ2v) is 7.92. The van der Waals surface area contributed by atoms with Crippen LogP contribution in [0, 0.1) is 6.92 Å². The minimum absolute atomic E-state index is 0. The molecule has 0 radical (unpaired) electrons. The Hall–Kier alpha value is -2.91. The summed E-state index contributed by atoms with van der Waals surface area (Å²) in [6, 6.07) is 3.56. The molecule has 4 rings (SSSR count). The third-order valence-electron chi connectivity index (χ3n) is 5.75. The Morgan fingerprint density at radius 2 is 2.19 bits per heavy atom. The van der Waals surface area contributed by atoms with Crippen molar-refractivity contribution >= 4 is 35.5 Å². The van der Waals surface area contributed by atoms with E-state index >= 15 is 0 Å². The van der Waals surface area contributed by atoms with Crippen LogP contribution in [0.15, 0.2) is 30.7 Å². The topological polar surface area (TPSA) is 119 Å². The summed E-state index contributed by atoms with van der Waals surface area (Å²) >= 11 is 0. The molecule has 3 aromatic rings. The third kappa shape index (κ3) is 4.28. The van der Waals surface area contributed by atoms with E-state index in [2.05, 4.69) is 9.88 Å². The summed E-state index contributed by atoms with van der Waals surface area (Å²) in [5.41, 5.74) is 15.4. The number of hydrogen-bond donors (Lipinski definition) is 2. The molecule has 4 heterocycles. The minimum Gasteiger partial charge on any atom is -0.398 e. The summed E-state index contributed by atoms with van der Waals surface area (Å²) in [6.07, 6.45) is 6.74. The van der Waals surface area contributed by atoms with Crippen LogP contribution in [0.25, 0.3) is 5.65 Å². The molecule has 0 spiro atoms. The van der Waals surface area contributed by atoms with Gasteiger partial charge in [-0.25, -0.2) is 9.50 Å². The Morgan fingerprint density at radius 1 is 1.42 bits per heavy atom. The van der Waals surface area contributed by atoms with Gasteiger partial charge in [0.2, 0.25) is 0 Å². The Labute approximate surface area is 187 Å². The first-order chi connectivity index (χ1) is 14.4.